The average molecular weight is 1030 g/mol. The molecule has 0 saturated heterocycles. The first-order valence-electron chi connectivity index (χ1n) is 32.5. The van der Waals surface area contributed by atoms with Crippen LogP contribution < -0.4 is 0 Å². The van der Waals surface area contributed by atoms with E-state index < -0.39 is 6.10 Å². The molecular formula is C67H124O6. The lowest BCUT2D eigenvalue weighted by Gasteiger charge is -2.18. The molecule has 0 aliphatic heterocycles. The molecule has 0 radical (unpaired) electrons. The van der Waals surface area contributed by atoms with Crippen molar-refractivity contribution in [2.75, 3.05) is 13.2 Å². The Labute approximate surface area is 455 Å². The van der Waals surface area contributed by atoms with Crippen LogP contribution in [-0.2, 0) is 28.6 Å². The van der Waals surface area contributed by atoms with Crippen LogP contribution in [-0.4, -0.2) is 37.2 Å². The first kappa shape index (κ1) is 70.6. The van der Waals surface area contributed by atoms with Crippen LogP contribution in [0.5, 0.6) is 0 Å². The monoisotopic (exact) mass is 1020 g/mol. The molecule has 1 unspecified atom stereocenters. The summed E-state index contributed by atoms with van der Waals surface area (Å²) in [6.07, 6.45) is 75.9. The van der Waals surface area contributed by atoms with Crippen molar-refractivity contribution in [2.45, 2.75) is 361 Å². The Morgan fingerprint density at radius 3 is 0.795 bits per heavy atom. The maximum absolute atomic E-state index is 12.9. The van der Waals surface area contributed by atoms with E-state index in [1.54, 1.807) is 0 Å². The molecule has 6 nitrogen and oxygen atoms in total. The van der Waals surface area contributed by atoms with E-state index >= 15 is 0 Å². The van der Waals surface area contributed by atoms with Crippen LogP contribution >= 0.6 is 0 Å². The third-order valence-electron chi connectivity index (χ3n) is 14.6. The Bertz CT molecular complexity index is 1220. The van der Waals surface area contributed by atoms with Gasteiger partial charge in [-0.1, -0.05) is 295 Å². The summed E-state index contributed by atoms with van der Waals surface area (Å²) < 4.78 is 16.9. The van der Waals surface area contributed by atoms with Crippen molar-refractivity contribution >= 4 is 17.9 Å². The molecule has 0 aromatic heterocycles. The normalized spacial score (nSPS) is 12.2. The van der Waals surface area contributed by atoms with Crippen LogP contribution in [0.25, 0.3) is 0 Å². The molecule has 0 rings (SSSR count). The SMILES string of the molecule is CCCCC/C=C\C/C=C\CCCCCCCCCCCC(=O)OC(COC(=O)CCCCCCC/C=C\CCCCC)COC(=O)CCCCCCCCCCCCCCCCCCCCCCCCCC. The largest absolute Gasteiger partial charge is 0.462 e. The van der Waals surface area contributed by atoms with Crippen LogP contribution in [0, 0.1) is 0 Å². The predicted octanol–water partition coefficient (Wildman–Crippen LogP) is 22.0. The van der Waals surface area contributed by atoms with Gasteiger partial charge in [0.15, 0.2) is 6.10 Å². The molecule has 0 bridgehead atoms. The van der Waals surface area contributed by atoms with E-state index in [-0.39, 0.29) is 31.1 Å². The highest BCUT2D eigenvalue weighted by atomic mass is 16.6. The Balaban J connectivity index is 4.24. The Morgan fingerprint density at radius 2 is 0.493 bits per heavy atom. The molecule has 1 atom stereocenters. The molecule has 0 heterocycles. The lowest BCUT2D eigenvalue weighted by molar-refractivity contribution is -0.167. The molecule has 0 aliphatic rings. The summed E-state index contributed by atoms with van der Waals surface area (Å²) in [5.74, 6) is -0.864. The minimum absolute atomic E-state index is 0.0723. The van der Waals surface area contributed by atoms with Crippen molar-refractivity contribution in [3.63, 3.8) is 0 Å². The summed E-state index contributed by atoms with van der Waals surface area (Å²) in [4.78, 5) is 38.3. The number of rotatable bonds is 60. The molecular weight excluding hydrogens is 901 g/mol. The Kier molecular flexibility index (Phi) is 60.2. The number of esters is 3. The van der Waals surface area contributed by atoms with Gasteiger partial charge in [0.25, 0.3) is 0 Å². The lowest BCUT2D eigenvalue weighted by Crippen LogP contribution is -2.30. The number of carbonyl (C=O) groups is 3. The summed E-state index contributed by atoms with van der Waals surface area (Å²) in [5, 5.41) is 0. The summed E-state index contributed by atoms with van der Waals surface area (Å²) in [5.41, 5.74) is 0. The molecule has 0 N–H and O–H groups in total. The van der Waals surface area contributed by atoms with Gasteiger partial charge in [-0.25, -0.2) is 0 Å². The highest BCUT2D eigenvalue weighted by Gasteiger charge is 2.19. The number of carbonyl (C=O) groups excluding carboxylic acids is 3. The van der Waals surface area contributed by atoms with Crippen LogP contribution in [0.15, 0.2) is 36.5 Å². The minimum atomic E-state index is -0.776. The number of ether oxygens (including phenoxy) is 3. The van der Waals surface area contributed by atoms with E-state index in [0.29, 0.717) is 19.3 Å². The summed E-state index contributed by atoms with van der Waals surface area (Å²) >= 11 is 0. The Morgan fingerprint density at radius 1 is 0.274 bits per heavy atom. The van der Waals surface area contributed by atoms with Gasteiger partial charge < -0.3 is 14.2 Å². The second kappa shape index (κ2) is 62.2. The third-order valence-corrected chi connectivity index (χ3v) is 14.6. The maximum atomic E-state index is 12.9. The first-order chi connectivity index (χ1) is 36.0. The number of allylic oxidation sites excluding steroid dienone is 6. The van der Waals surface area contributed by atoms with Gasteiger partial charge in [-0.05, 0) is 77.0 Å². The highest BCUT2D eigenvalue weighted by molar-refractivity contribution is 5.71. The molecule has 0 spiro atoms. The molecule has 428 valence electrons. The zero-order valence-corrected chi connectivity index (χ0v) is 49.2. The quantitative estimate of drug-likeness (QED) is 0.0261. The van der Waals surface area contributed by atoms with Crippen molar-refractivity contribution in [3.05, 3.63) is 36.5 Å². The second-order valence-corrected chi connectivity index (χ2v) is 22.0. The van der Waals surface area contributed by atoms with E-state index in [4.69, 9.17) is 14.2 Å². The third kappa shape index (κ3) is 60.4. The number of hydrogen-bond acceptors (Lipinski definition) is 6. The fourth-order valence-electron chi connectivity index (χ4n) is 9.71. The zero-order valence-electron chi connectivity index (χ0n) is 49.2. The van der Waals surface area contributed by atoms with Gasteiger partial charge in [0, 0.05) is 19.3 Å². The smallest absolute Gasteiger partial charge is 0.306 e. The first-order valence-corrected chi connectivity index (χ1v) is 32.5. The second-order valence-electron chi connectivity index (χ2n) is 22.0. The topological polar surface area (TPSA) is 78.9 Å². The highest BCUT2D eigenvalue weighted by Crippen LogP contribution is 2.18. The zero-order chi connectivity index (χ0) is 52.9. The number of unbranched alkanes of at least 4 members (excludes halogenated alkanes) is 43. The van der Waals surface area contributed by atoms with Crippen molar-refractivity contribution in [3.8, 4) is 0 Å². The van der Waals surface area contributed by atoms with Crippen LogP contribution in [0.3, 0.4) is 0 Å². The fraction of sp³-hybridized carbons (Fsp3) is 0.866. The van der Waals surface area contributed by atoms with E-state index in [2.05, 4.69) is 57.2 Å². The van der Waals surface area contributed by atoms with Crippen LogP contribution in [0.4, 0.5) is 0 Å². The predicted molar refractivity (Wildman–Crippen MR) is 316 cm³/mol. The van der Waals surface area contributed by atoms with Gasteiger partial charge >= 0.3 is 17.9 Å². The standard InChI is InChI=1S/C67H124O6/c1-4-7-10-13-16-19-22-25-27-29-31-32-33-34-35-37-38-40-42-45-48-51-54-57-60-66(69)72-63-64(62-71-65(68)59-56-53-50-47-44-24-21-18-15-12-9-6-3)73-67(70)61-58-55-52-49-46-43-41-39-36-30-28-26-23-20-17-14-11-8-5-2/h17-18,20-21,26,28,64H,4-16,19,22-25,27,29-63H2,1-3H3/b20-17-,21-18-,28-26-. The average Bonchev–Trinajstić information content (AvgIpc) is 3.39. The van der Waals surface area contributed by atoms with E-state index in [1.165, 1.54) is 244 Å². The number of hydrogen-bond donors (Lipinski definition) is 0. The van der Waals surface area contributed by atoms with Gasteiger partial charge in [-0.3, -0.25) is 14.4 Å². The van der Waals surface area contributed by atoms with Gasteiger partial charge in [-0.2, -0.15) is 0 Å². The molecule has 0 aromatic rings. The van der Waals surface area contributed by atoms with Crippen molar-refractivity contribution < 1.29 is 28.6 Å². The minimum Gasteiger partial charge on any atom is -0.462 e. The van der Waals surface area contributed by atoms with Crippen molar-refractivity contribution in [1.29, 1.82) is 0 Å². The summed E-state index contributed by atoms with van der Waals surface area (Å²) in [6.45, 7) is 6.64. The summed E-state index contributed by atoms with van der Waals surface area (Å²) in [6, 6.07) is 0. The molecule has 0 fully saturated rings. The molecule has 0 aliphatic carbocycles. The van der Waals surface area contributed by atoms with Crippen molar-refractivity contribution in [2.24, 2.45) is 0 Å². The molecule has 0 aromatic carbocycles. The van der Waals surface area contributed by atoms with Crippen molar-refractivity contribution in [1.82, 2.24) is 0 Å². The van der Waals surface area contributed by atoms with E-state index in [9.17, 15) is 14.4 Å². The van der Waals surface area contributed by atoms with E-state index in [0.717, 1.165) is 70.6 Å². The lowest BCUT2D eigenvalue weighted by atomic mass is 10.0. The van der Waals surface area contributed by atoms with Gasteiger partial charge in [0.05, 0.1) is 0 Å². The summed E-state index contributed by atoms with van der Waals surface area (Å²) in [7, 11) is 0. The Hall–Kier alpha value is -2.37. The van der Waals surface area contributed by atoms with Crippen LogP contribution in [0.1, 0.15) is 355 Å². The van der Waals surface area contributed by atoms with Gasteiger partial charge in [0.1, 0.15) is 13.2 Å². The maximum Gasteiger partial charge on any atom is 0.306 e. The van der Waals surface area contributed by atoms with Gasteiger partial charge in [0.2, 0.25) is 0 Å². The molecule has 0 amide bonds. The van der Waals surface area contributed by atoms with Crippen LogP contribution in [0.2, 0.25) is 0 Å². The van der Waals surface area contributed by atoms with Gasteiger partial charge in [-0.15, -0.1) is 0 Å². The molecule has 0 saturated carbocycles. The molecule has 73 heavy (non-hydrogen) atoms. The fourth-order valence-corrected chi connectivity index (χ4v) is 9.71. The molecule has 6 heteroatoms. The van der Waals surface area contributed by atoms with E-state index in [1.807, 2.05) is 0 Å².